The molecule has 0 aromatic carbocycles. The van der Waals surface area contributed by atoms with Crippen LogP contribution in [0.3, 0.4) is 0 Å². The van der Waals surface area contributed by atoms with Crippen LogP contribution in [-0.4, -0.2) is 41.4 Å². The van der Waals surface area contributed by atoms with Crippen molar-refractivity contribution < 1.29 is 9.53 Å². The van der Waals surface area contributed by atoms with Crippen molar-refractivity contribution in [3.63, 3.8) is 0 Å². The number of carbonyl (C=O) groups excluding carboxylic acids is 1. The first-order chi connectivity index (χ1) is 9.67. The molecule has 0 unspecified atom stereocenters. The van der Waals surface area contributed by atoms with Crippen LogP contribution in [0.1, 0.15) is 49.9 Å². The van der Waals surface area contributed by atoms with E-state index in [-0.39, 0.29) is 11.3 Å². The molecule has 1 heterocycles. The highest BCUT2D eigenvalue weighted by Gasteiger charge is 2.45. The van der Waals surface area contributed by atoms with Crippen molar-refractivity contribution in [1.82, 2.24) is 9.88 Å². The van der Waals surface area contributed by atoms with E-state index in [1.165, 1.54) is 0 Å². The molecule has 1 aliphatic rings. The van der Waals surface area contributed by atoms with E-state index < -0.39 is 0 Å². The van der Waals surface area contributed by atoms with E-state index >= 15 is 0 Å². The van der Waals surface area contributed by atoms with Gasteiger partial charge in [0.15, 0.2) is 5.78 Å². The van der Waals surface area contributed by atoms with Gasteiger partial charge in [0.25, 0.3) is 0 Å². The summed E-state index contributed by atoms with van der Waals surface area (Å²) in [5.74, 6) is 0.841. The average molecular weight is 276 g/mol. The zero-order valence-electron chi connectivity index (χ0n) is 12.7. The van der Waals surface area contributed by atoms with E-state index in [0.29, 0.717) is 11.3 Å². The molecule has 0 bridgehead atoms. The van der Waals surface area contributed by atoms with E-state index in [4.69, 9.17) is 4.74 Å². The zero-order chi connectivity index (χ0) is 14.6. The maximum Gasteiger partial charge on any atom is 0.184 e. The minimum Gasteiger partial charge on any atom is -0.495 e. The van der Waals surface area contributed by atoms with Crippen LogP contribution in [0.5, 0.6) is 5.75 Å². The minimum atomic E-state index is -0.336. The van der Waals surface area contributed by atoms with Gasteiger partial charge in [0.05, 0.1) is 18.8 Å². The van der Waals surface area contributed by atoms with Crippen LogP contribution >= 0.6 is 0 Å². The molecule has 0 radical (unpaired) electrons. The molecule has 1 aromatic heterocycles. The van der Waals surface area contributed by atoms with Gasteiger partial charge in [-0.15, -0.1) is 0 Å². The standard InChI is InChI=1S/C16H24N2O2/c1-4-18(5-2)16(8-6-7-9-16)15(19)13-10-14(20-3)12-17-11-13/h10-12H,4-9H2,1-3H3. The number of Topliss-reactive ketones (excluding diaryl/α,β-unsaturated/α-hetero) is 1. The molecule has 1 aromatic rings. The maximum absolute atomic E-state index is 13.1. The van der Waals surface area contributed by atoms with Crippen molar-refractivity contribution >= 4 is 5.78 Å². The second kappa shape index (κ2) is 6.35. The summed E-state index contributed by atoms with van der Waals surface area (Å²) < 4.78 is 5.19. The number of rotatable bonds is 6. The number of nitrogens with zero attached hydrogens (tertiary/aromatic N) is 2. The van der Waals surface area contributed by atoms with Gasteiger partial charge in [-0.1, -0.05) is 26.7 Å². The summed E-state index contributed by atoms with van der Waals surface area (Å²) in [4.78, 5) is 19.5. The first-order valence-electron chi connectivity index (χ1n) is 7.46. The van der Waals surface area contributed by atoms with Gasteiger partial charge in [0.1, 0.15) is 5.75 Å². The Labute approximate surface area is 121 Å². The summed E-state index contributed by atoms with van der Waals surface area (Å²) in [7, 11) is 1.60. The van der Waals surface area contributed by atoms with Gasteiger partial charge in [-0.2, -0.15) is 0 Å². The average Bonchev–Trinajstić information content (AvgIpc) is 2.98. The van der Waals surface area contributed by atoms with Crippen LogP contribution in [0.15, 0.2) is 18.5 Å². The van der Waals surface area contributed by atoms with Crippen LogP contribution < -0.4 is 4.74 Å². The van der Waals surface area contributed by atoms with E-state index in [2.05, 4.69) is 23.7 Å². The van der Waals surface area contributed by atoms with Crippen molar-refractivity contribution in [2.45, 2.75) is 45.1 Å². The van der Waals surface area contributed by atoms with Crippen LogP contribution in [0.25, 0.3) is 0 Å². The summed E-state index contributed by atoms with van der Waals surface area (Å²) in [6.07, 6.45) is 7.44. The van der Waals surface area contributed by atoms with Crippen molar-refractivity contribution in [3.8, 4) is 5.75 Å². The fourth-order valence-corrected chi connectivity index (χ4v) is 3.40. The number of carbonyl (C=O) groups is 1. The van der Waals surface area contributed by atoms with E-state index in [1.54, 1.807) is 25.6 Å². The Morgan fingerprint density at radius 2 is 1.95 bits per heavy atom. The Hall–Kier alpha value is -1.42. The second-order valence-corrected chi connectivity index (χ2v) is 5.35. The highest BCUT2D eigenvalue weighted by atomic mass is 16.5. The molecule has 0 saturated heterocycles. The van der Waals surface area contributed by atoms with Crippen molar-refractivity contribution in [2.24, 2.45) is 0 Å². The number of ketones is 1. The summed E-state index contributed by atoms with van der Waals surface area (Å²) >= 11 is 0. The summed E-state index contributed by atoms with van der Waals surface area (Å²) in [6.45, 7) is 6.06. The lowest BCUT2D eigenvalue weighted by molar-refractivity contribution is 0.0583. The quantitative estimate of drug-likeness (QED) is 0.749. The number of likely N-dealkylation sites (N-methyl/N-ethyl adjacent to an activating group) is 1. The third kappa shape index (κ3) is 2.57. The van der Waals surface area contributed by atoms with Crippen LogP contribution in [-0.2, 0) is 0 Å². The number of pyridine rings is 1. The fourth-order valence-electron chi connectivity index (χ4n) is 3.40. The van der Waals surface area contributed by atoms with Gasteiger partial charge in [-0.25, -0.2) is 0 Å². The molecule has 1 fully saturated rings. The van der Waals surface area contributed by atoms with Crippen LogP contribution in [0.2, 0.25) is 0 Å². The summed E-state index contributed by atoms with van der Waals surface area (Å²) in [5.41, 5.74) is 0.329. The third-order valence-corrected chi connectivity index (χ3v) is 4.43. The SMILES string of the molecule is CCN(CC)C1(C(=O)c2cncc(OC)c2)CCCC1. The normalized spacial score (nSPS) is 17.4. The molecule has 0 amide bonds. The fraction of sp³-hybridized carbons (Fsp3) is 0.625. The Balaban J connectivity index is 2.36. The highest BCUT2D eigenvalue weighted by molar-refractivity contribution is 6.03. The number of aromatic nitrogens is 1. The Kier molecular flexibility index (Phi) is 4.76. The third-order valence-electron chi connectivity index (χ3n) is 4.43. The minimum absolute atomic E-state index is 0.199. The van der Waals surface area contributed by atoms with Gasteiger partial charge in [-0.05, 0) is 32.0 Å². The molecule has 1 aliphatic carbocycles. The van der Waals surface area contributed by atoms with E-state index in [1.807, 2.05) is 0 Å². The lowest BCUT2D eigenvalue weighted by Gasteiger charge is -2.39. The van der Waals surface area contributed by atoms with Gasteiger partial charge in [-0.3, -0.25) is 14.7 Å². The van der Waals surface area contributed by atoms with E-state index in [9.17, 15) is 4.79 Å². The van der Waals surface area contributed by atoms with Gasteiger partial charge >= 0.3 is 0 Å². The van der Waals surface area contributed by atoms with E-state index in [0.717, 1.165) is 38.8 Å². The van der Waals surface area contributed by atoms with Gasteiger partial charge in [0, 0.05) is 11.8 Å². The first-order valence-corrected chi connectivity index (χ1v) is 7.46. The lowest BCUT2D eigenvalue weighted by atomic mass is 9.86. The summed E-state index contributed by atoms with van der Waals surface area (Å²) in [5, 5.41) is 0. The number of hydrogen-bond donors (Lipinski definition) is 0. The predicted molar refractivity (Wildman–Crippen MR) is 79.2 cm³/mol. The Morgan fingerprint density at radius 3 is 2.50 bits per heavy atom. The molecule has 0 aliphatic heterocycles. The lowest BCUT2D eigenvalue weighted by Crippen LogP contribution is -2.52. The topological polar surface area (TPSA) is 42.4 Å². The predicted octanol–water partition coefficient (Wildman–Crippen LogP) is 2.93. The molecule has 20 heavy (non-hydrogen) atoms. The van der Waals surface area contributed by atoms with Gasteiger partial charge < -0.3 is 4.74 Å². The number of hydrogen-bond acceptors (Lipinski definition) is 4. The zero-order valence-corrected chi connectivity index (χ0v) is 12.7. The Morgan fingerprint density at radius 1 is 1.30 bits per heavy atom. The smallest absolute Gasteiger partial charge is 0.184 e. The number of methoxy groups -OCH3 is 1. The largest absolute Gasteiger partial charge is 0.495 e. The molecular weight excluding hydrogens is 252 g/mol. The highest BCUT2D eigenvalue weighted by Crippen LogP contribution is 2.38. The Bertz CT molecular complexity index is 463. The molecule has 4 nitrogen and oxygen atoms in total. The van der Waals surface area contributed by atoms with Crippen LogP contribution in [0.4, 0.5) is 0 Å². The van der Waals surface area contributed by atoms with Crippen molar-refractivity contribution in [2.75, 3.05) is 20.2 Å². The number of ether oxygens (including phenoxy) is 1. The maximum atomic E-state index is 13.1. The molecule has 0 N–H and O–H groups in total. The van der Waals surface area contributed by atoms with Crippen molar-refractivity contribution in [3.05, 3.63) is 24.0 Å². The summed E-state index contributed by atoms with van der Waals surface area (Å²) in [6, 6.07) is 1.80. The molecular formula is C16H24N2O2. The monoisotopic (exact) mass is 276 g/mol. The molecule has 0 spiro atoms. The molecule has 4 heteroatoms. The van der Waals surface area contributed by atoms with Crippen LogP contribution in [0, 0.1) is 0 Å². The molecule has 0 atom stereocenters. The second-order valence-electron chi connectivity index (χ2n) is 5.35. The van der Waals surface area contributed by atoms with Gasteiger partial charge in [0.2, 0.25) is 0 Å². The molecule has 110 valence electrons. The first kappa shape index (κ1) is 15.0. The molecule has 2 rings (SSSR count). The molecule has 1 saturated carbocycles. The van der Waals surface area contributed by atoms with Crippen molar-refractivity contribution in [1.29, 1.82) is 0 Å².